The summed E-state index contributed by atoms with van der Waals surface area (Å²) in [6, 6.07) is 14.5. The summed E-state index contributed by atoms with van der Waals surface area (Å²) in [5.41, 5.74) is 2.34. The molecule has 3 aliphatic carbocycles. The maximum atomic E-state index is 13.6. The minimum absolute atomic E-state index is 0.0318. The molecule has 0 radical (unpaired) electrons. The Balaban J connectivity index is 1.05. The lowest BCUT2D eigenvalue weighted by molar-refractivity contribution is -0.141. The van der Waals surface area contributed by atoms with Gasteiger partial charge in [-0.25, -0.2) is 0 Å². The third-order valence-electron chi connectivity index (χ3n) is 11.9. The Labute approximate surface area is 279 Å². The molecule has 1 saturated heterocycles. The minimum Gasteiger partial charge on any atom is -0.388 e. The van der Waals surface area contributed by atoms with E-state index in [2.05, 4.69) is 17.1 Å². The Kier molecular flexibility index (Phi) is 9.47. The highest BCUT2D eigenvalue weighted by Gasteiger charge is 2.61. The number of hydrogen-bond acceptors (Lipinski definition) is 7. The fraction of sp³-hybridized carbons (Fsp3) is 0.611. The fourth-order valence-corrected chi connectivity index (χ4v) is 9.70. The van der Waals surface area contributed by atoms with Crippen LogP contribution in [0.5, 0.6) is 5.75 Å². The zero-order valence-electron chi connectivity index (χ0n) is 27.9. The number of fused-ring (bicyclic) bond motifs is 5. The molecule has 0 bridgehead atoms. The van der Waals surface area contributed by atoms with E-state index in [0.29, 0.717) is 50.5 Å². The maximum absolute atomic E-state index is 13.6. The van der Waals surface area contributed by atoms with Gasteiger partial charge in [-0.1, -0.05) is 57.2 Å². The molecule has 1 heterocycles. The van der Waals surface area contributed by atoms with E-state index in [1.807, 2.05) is 61.2 Å². The first-order valence-electron chi connectivity index (χ1n) is 17.2. The standard InChI is InChI=1S/C36H50N4O6S/c1-24(2)33(38-32(41)21-25-7-5-4-6-8-25)34(42)40-19-17-39(18-20-40)23-36(43)16-14-31-30-11-9-26-22-27(46-47(37,44)45)10-12-28(26)29(30)13-15-35(31,36)3/h4-8,10,12,22,24,29-31,33,43H,9,11,13-21,23H2,1-3H3,(H,38,41)(H2,37,44,45)/t29-,30-,31+,33+,35+,36-/m1/s1. The molecule has 6 rings (SSSR count). The molecule has 0 aromatic heterocycles. The number of aryl methyl sites for hydroxylation is 1. The number of carbonyl (C=O) groups excluding carboxylic acids is 2. The van der Waals surface area contributed by atoms with Gasteiger partial charge in [0.2, 0.25) is 11.8 Å². The second kappa shape index (κ2) is 13.1. The summed E-state index contributed by atoms with van der Waals surface area (Å²) in [6.07, 6.45) is 5.78. The summed E-state index contributed by atoms with van der Waals surface area (Å²) in [4.78, 5) is 30.6. The minimum atomic E-state index is -4.07. The second-order valence-corrected chi connectivity index (χ2v) is 16.1. The Morgan fingerprint density at radius 3 is 2.45 bits per heavy atom. The van der Waals surface area contributed by atoms with Gasteiger partial charge >= 0.3 is 10.3 Å². The molecule has 0 spiro atoms. The van der Waals surface area contributed by atoms with E-state index in [9.17, 15) is 23.1 Å². The van der Waals surface area contributed by atoms with E-state index in [-0.39, 0.29) is 35.3 Å². The van der Waals surface area contributed by atoms with Crippen LogP contribution in [-0.2, 0) is 32.7 Å². The normalized spacial score (nSPS) is 29.8. The Hall–Kier alpha value is -2.99. The van der Waals surface area contributed by atoms with Crippen LogP contribution < -0.4 is 14.6 Å². The number of benzene rings is 2. The molecular weight excluding hydrogens is 616 g/mol. The first-order chi connectivity index (χ1) is 22.3. The van der Waals surface area contributed by atoms with Gasteiger partial charge in [-0.15, -0.1) is 0 Å². The van der Waals surface area contributed by atoms with Gasteiger partial charge in [-0.3, -0.25) is 14.5 Å². The van der Waals surface area contributed by atoms with Crippen LogP contribution >= 0.6 is 0 Å². The fourth-order valence-electron chi connectivity index (χ4n) is 9.33. The highest BCUT2D eigenvalue weighted by molar-refractivity contribution is 7.84. The summed E-state index contributed by atoms with van der Waals surface area (Å²) in [6.45, 7) is 9.37. The Morgan fingerprint density at radius 2 is 1.77 bits per heavy atom. The molecule has 2 aromatic rings. The zero-order chi connectivity index (χ0) is 33.6. The molecule has 2 saturated carbocycles. The third kappa shape index (κ3) is 6.95. The summed E-state index contributed by atoms with van der Waals surface area (Å²) < 4.78 is 27.8. The number of nitrogens with one attached hydrogen (secondary N) is 1. The molecule has 2 aromatic carbocycles. The van der Waals surface area contributed by atoms with Gasteiger partial charge in [0.05, 0.1) is 12.0 Å². The number of hydrogen-bond donors (Lipinski definition) is 3. The van der Waals surface area contributed by atoms with Gasteiger partial charge in [0.15, 0.2) is 0 Å². The van der Waals surface area contributed by atoms with Crippen LogP contribution in [0.25, 0.3) is 0 Å². The molecule has 6 atom stereocenters. The van der Waals surface area contributed by atoms with Gasteiger partial charge in [0, 0.05) is 38.1 Å². The lowest BCUT2D eigenvalue weighted by atomic mass is 9.53. The van der Waals surface area contributed by atoms with Crippen molar-refractivity contribution in [3.8, 4) is 5.75 Å². The van der Waals surface area contributed by atoms with Crippen LogP contribution in [-0.4, -0.2) is 79.5 Å². The van der Waals surface area contributed by atoms with E-state index >= 15 is 0 Å². The van der Waals surface area contributed by atoms with Crippen molar-refractivity contribution in [1.29, 1.82) is 0 Å². The first kappa shape index (κ1) is 33.9. The monoisotopic (exact) mass is 666 g/mol. The average molecular weight is 667 g/mol. The molecule has 2 amide bonds. The van der Waals surface area contributed by atoms with E-state index in [1.165, 1.54) is 5.56 Å². The number of carbonyl (C=O) groups is 2. The predicted octanol–water partition coefficient (Wildman–Crippen LogP) is 3.38. The molecule has 10 nitrogen and oxygen atoms in total. The number of nitrogens with zero attached hydrogens (tertiary/aromatic N) is 2. The van der Waals surface area contributed by atoms with Gasteiger partial charge in [0.25, 0.3) is 0 Å². The Morgan fingerprint density at radius 1 is 1.04 bits per heavy atom. The van der Waals surface area contributed by atoms with Gasteiger partial charge in [-0.05, 0) is 91.0 Å². The molecule has 47 heavy (non-hydrogen) atoms. The number of nitrogens with two attached hydrogens (primary N) is 1. The highest BCUT2D eigenvalue weighted by atomic mass is 32.2. The first-order valence-corrected chi connectivity index (χ1v) is 18.7. The van der Waals surface area contributed by atoms with Crippen LogP contribution in [0, 0.1) is 23.2 Å². The number of β-amino-alcohol motifs (C(OH)–C–C–N with tert-alkyl or cyclic N) is 1. The van der Waals surface area contributed by atoms with Crippen molar-refractivity contribution < 1.29 is 27.3 Å². The van der Waals surface area contributed by atoms with Crippen molar-refractivity contribution in [2.24, 2.45) is 28.3 Å². The largest absolute Gasteiger partial charge is 0.388 e. The molecule has 11 heteroatoms. The molecule has 256 valence electrons. The van der Waals surface area contributed by atoms with Crippen LogP contribution in [0.2, 0.25) is 0 Å². The topological polar surface area (TPSA) is 142 Å². The summed E-state index contributed by atoms with van der Waals surface area (Å²) in [5.74, 6) is 1.32. The number of amides is 2. The van der Waals surface area contributed by atoms with E-state index in [1.54, 1.807) is 6.07 Å². The van der Waals surface area contributed by atoms with E-state index in [0.717, 1.165) is 49.7 Å². The molecule has 4 N–H and O–H groups in total. The highest BCUT2D eigenvalue weighted by Crippen LogP contribution is 2.64. The summed E-state index contributed by atoms with van der Waals surface area (Å²) >= 11 is 0. The van der Waals surface area contributed by atoms with Crippen molar-refractivity contribution in [2.75, 3.05) is 32.7 Å². The quantitative estimate of drug-likeness (QED) is 0.373. The molecular formula is C36H50N4O6S. The van der Waals surface area contributed by atoms with E-state index < -0.39 is 21.9 Å². The van der Waals surface area contributed by atoms with Gasteiger partial charge in [-0.2, -0.15) is 13.6 Å². The van der Waals surface area contributed by atoms with Crippen molar-refractivity contribution in [2.45, 2.75) is 83.3 Å². The third-order valence-corrected chi connectivity index (χ3v) is 12.3. The maximum Gasteiger partial charge on any atom is 0.380 e. The lowest BCUT2D eigenvalue weighted by Crippen LogP contribution is -2.60. The number of piperazine rings is 1. The molecule has 0 unspecified atom stereocenters. The lowest BCUT2D eigenvalue weighted by Gasteiger charge is -2.54. The van der Waals surface area contributed by atoms with Crippen LogP contribution in [0.4, 0.5) is 0 Å². The van der Waals surface area contributed by atoms with Crippen molar-refractivity contribution in [1.82, 2.24) is 15.1 Å². The van der Waals surface area contributed by atoms with Crippen molar-refractivity contribution >= 4 is 22.1 Å². The van der Waals surface area contributed by atoms with E-state index in [4.69, 9.17) is 9.32 Å². The van der Waals surface area contributed by atoms with Crippen molar-refractivity contribution in [3.05, 3.63) is 65.2 Å². The SMILES string of the molecule is CC(C)[C@H](NC(=O)Cc1ccccc1)C(=O)N1CCN(C[C@]2(O)CC[C@H]3[C@@H]4CCc5cc(OS(N)(=O)=O)ccc5[C@H]4CC[C@@]32C)CC1. The smallest absolute Gasteiger partial charge is 0.380 e. The Bertz CT molecular complexity index is 1580. The molecule has 1 aliphatic heterocycles. The van der Waals surface area contributed by atoms with Gasteiger partial charge in [0.1, 0.15) is 11.8 Å². The summed E-state index contributed by atoms with van der Waals surface area (Å²) in [5, 5.41) is 20.4. The van der Waals surface area contributed by atoms with Crippen LogP contribution in [0.15, 0.2) is 48.5 Å². The molecule has 3 fully saturated rings. The van der Waals surface area contributed by atoms with Gasteiger partial charge < -0.3 is 19.5 Å². The number of rotatable bonds is 9. The number of aliphatic hydroxyl groups is 1. The second-order valence-electron chi connectivity index (χ2n) is 14.9. The predicted molar refractivity (Wildman–Crippen MR) is 180 cm³/mol. The van der Waals surface area contributed by atoms with Crippen molar-refractivity contribution in [3.63, 3.8) is 0 Å². The summed E-state index contributed by atoms with van der Waals surface area (Å²) in [7, 11) is -4.07. The zero-order valence-corrected chi connectivity index (χ0v) is 28.7. The molecule has 4 aliphatic rings. The van der Waals surface area contributed by atoms with Crippen LogP contribution in [0.1, 0.15) is 75.5 Å². The average Bonchev–Trinajstić information content (AvgIpc) is 3.29. The van der Waals surface area contributed by atoms with Crippen LogP contribution in [0.3, 0.4) is 0 Å².